The molecule has 0 aliphatic carbocycles. The van der Waals surface area contributed by atoms with Crippen molar-refractivity contribution in [2.24, 2.45) is 0 Å². The lowest BCUT2D eigenvalue weighted by molar-refractivity contribution is -0.151. The van der Waals surface area contributed by atoms with Crippen LogP contribution in [0.15, 0.2) is 57.9 Å². The van der Waals surface area contributed by atoms with E-state index in [-0.39, 0.29) is 4.90 Å². The van der Waals surface area contributed by atoms with E-state index in [1.54, 1.807) is 32.9 Å². The molecule has 2 aromatic rings. The third-order valence-electron chi connectivity index (χ3n) is 3.12. The van der Waals surface area contributed by atoms with Crippen LogP contribution in [0.3, 0.4) is 0 Å². The van der Waals surface area contributed by atoms with E-state index in [0.717, 1.165) is 15.6 Å². The molecule has 0 aliphatic heterocycles. The lowest BCUT2D eigenvalue weighted by Crippen LogP contribution is -2.28. The van der Waals surface area contributed by atoms with E-state index in [4.69, 9.17) is 4.74 Å². The van der Waals surface area contributed by atoms with Gasteiger partial charge in [0.05, 0.1) is 4.90 Å². The standard InChI is InChI=1S/C18H19BrO4S/c1-18(2,3)23-17(20)12-24(21,22)16-10-6-14(7-11-16)13-4-8-15(19)9-5-13/h4-11H,12H2,1-3H3. The topological polar surface area (TPSA) is 60.4 Å². The van der Waals surface area contributed by atoms with Crippen LogP contribution in [0.2, 0.25) is 0 Å². The predicted molar refractivity (Wildman–Crippen MR) is 97.5 cm³/mol. The SMILES string of the molecule is CC(C)(C)OC(=O)CS(=O)(=O)c1ccc(-c2ccc(Br)cc2)cc1. The molecule has 0 N–H and O–H groups in total. The van der Waals surface area contributed by atoms with E-state index in [0.29, 0.717) is 0 Å². The van der Waals surface area contributed by atoms with Crippen LogP contribution >= 0.6 is 15.9 Å². The summed E-state index contributed by atoms with van der Waals surface area (Å²) in [4.78, 5) is 11.9. The van der Waals surface area contributed by atoms with Crippen molar-refractivity contribution in [1.82, 2.24) is 0 Å². The minimum absolute atomic E-state index is 0.106. The van der Waals surface area contributed by atoms with Gasteiger partial charge in [0.1, 0.15) is 5.60 Å². The molecule has 0 aliphatic rings. The van der Waals surface area contributed by atoms with Crippen molar-refractivity contribution < 1.29 is 17.9 Å². The van der Waals surface area contributed by atoms with Gasteiger partial charge in [0.15, 0.2) is 15.6 Å². The molecule has 0 atom stereocenters. The largest absolute Gasteiger partial charge is 0.459 e. The Balaban J connectivity index is 2.17. The minimum Gasteiger partial charge on any atom is -0.459 e. The number of halogens is 1. The fourth-order valence-corrected chi connectivity index (χ4v) is 3.46. The fourth-order valence-electron chi connectivity index (χ4n) is 2.11. The van der Waals surface area contributed by atoms with Gasteiger partial charge in [-0.25, -0.2) is 8.42 Å². The zero-order valence-electron chi connectivity index (χ0n) is 13.7. The highest BCUT2D eigenvalue weighted by Gasteiger charge is 2.24. The van der Waals surface area contributed by atoms with Gasteiger partial charge in [-0.15, -0.1) is 0 Å². The smallest absolute Gasteiger partial charge is 0.322 e. The minimum atomic E-state index is -3.72. The van der Waals surface area contributed by atoms with E-state index in [1.807, 2.05) is 24.3 Å². The lowest BCUT2D eigenvalue weighted by Gasteiger charge is -2.19. The Morgan fingerprint density at radius 2 is 1.42 bits per heavy atom. The first-order chi connectivity index (χ1) is 11.1. The lowest BCUT2D eigenvalue weighted by atomic mass is 10.1. The third-order valence-corrected chi connectivity index (χ3v) is 5.25. The number of sulfone groups is 1. The number of carbonyl (C=O) groups is 1. The Morgan fingerprint density at radius 3 is 1.88 bits per heavy atom. The van der Waals surface area contributed by atoms with Crippen molar-refractivity contribution in [3.63, 3.8) is 0 Å². The molecule has 0 spiro atoms. The predicted octanol–water partition coefficient (Wildman–Crippen LogP) is 4.23. The van der Waals surface area contributed by atoms with Gasteiger partial charge in [0, 0.05) is 4.47 Å². The second kappa shape index (κ2) is 7.07. The number of esters is 1. The van der Waals surface area contributed by atoms with Gasteiger partial charge in [-0.2, -0.15) is 0 Å². The third kappa shape index (κ3) is 5.18. The van der Waals surface area contributed by atoms with E-state index in [9.17, 15) is 13.2 Å². The summed E-state index contributed by atoms with van der Waals surface area (Å²) < 4.78 is 30.7. The quantitative estimate of drug-likeness (QED) is 0.707. The van der Waals surface area contributed by atoms with Crippen molar-refractivity contribution in [2.75, 3.05) is 5.75 Å². The molecule has 4 nitrogen and oxygen atoms in total. The molecule has 0 bridgehead atoms. The molecule has 6 heteroatoms. The van der Waals surface area contributed by atoms with E-state index >= 15 is 0 Å². The molecule has 2 aromatic carbocycles. The molecule has 0 saturated carbocycles. The molecular formula is C18H19BrO4S. The molecule has 0 unspecified atom stereocenters. The Bertz CT molecular complexity index is 817. The Labute approximate surface area is 150 Å². The van der Waals surface area contributed by atoms with Crippen molar-refractivity contribution >= 4 is 31.7 Å². The Kier molecular flexibility index (Phi) is 5.50. The summed E-state index contributed by atoms with van der Waals surface area (Å²) in [5.41, 5.74) is 1.17. The van der Waals surface area contributed by atoms with Crippen LogP contribution < -0.4 is 0 Å². The van der Waals surface area contributed by atoms with Gasteiger partial charge in [0.2, 0.25) is 0 Å². The number of carbonyl (C=O) groups excluding carboxylic acids is 1. The van der Waals surface area contributed by atoms with Crippen LogP contribution in [0.4, 0.5) is 0 Å². The van der Waals surface area contributed by atoms with Gasteiger partial charge >= 0.3 is 5.97 Å². The number of benzene rings is 2. The van der Waals surface area contributed by atoms with Crippen LogP contribution in [-0.2, 0) is 19.4 Å². The van der Waals surface area contributed by atoms with Crippen LogP contribution in [-0.4, -0.2) is 25.7 Å². The monoisotopic (exact) mass is 410 g/mol. The number of ether oxygens (including phenoxy) is 1. The average Bonchev–Trinajstić information content (AvgIpc) is 2.45. The summed E-state index contributed by atoms with van der Waals surface area (Å²) in [6.07, 6.45) is 0. The normalized spacial score (nSPS) is 12.0. The second-order valence-electron chi connectivity index (χ2n) is 6.38. The van der Waals surface area contributed by atoms with Gasteiger partial charge in [0.25, 0.3) is 0 Å². The molecule has 2 rings (SSSR count). The van der Waals surface area contributed by atoms with Crippen LogP contribution in [0.5, 0.6) is 0 Å². The first-order valence-corrected chi connectivity index (χ1v) is 9.82. The van der Waals surface area contributed by atoms with Crippen LogP contribution in [0, 0.1) is 0 Å². The Hall–Kier alpha value is -1.66. The molecule has 128 valence electrons. The zero-order chi connectivity index (χ0) is 18.0. The van der Waals surface area contributed by atoms with Crippen molar-refractivity contribution in [3.05, 3.63) is 53.0 Å². The number of rotatable bonds is 4. The summed E-state index contributed by atoms with van der Waals surface area (Å²) in [6.45, 7) is 5.10. The van der Waals surface area contributed by atoms with E-state index < -0.39 is 27.2 Å². The Morgan fingerprint density at radius 1 is 0.958 bits per heavy atom. The molecule has 0 fully saturated rings. The van der Waals surface area contributed by atoms with Crippen LogP contribution in [0.25, 0.3) is 11.1 Å². The van der Waals surface area contributed by atoms with Crippen molar-refractivity contribution in [3.8, 4) is 11.1 Å². The highest BCUT2D eigenvalue weighted by Crippen LogP contribution is 2.24. The van der Waals surface area contributed by atoms with E-state index in [1.165, 1.54) is 12.1 Å². The number of hydrogen-bond donors (Lipinski definition) is 0. The second-order valence-corrected chi connectivity index (χ2v) is 9.28. The highest BCUT2D eigenvalue weighted by molar-refractivity contribution is 9.10. The molecule has 0 amide bonds. The maximum absolute atomic E-state index is 12.3. The summed E-state index contributed by atoms with van der Waals surface area (Å²) in [5, 5.41) is 0. The molecule has 0 aromatic heterocycles. The summed E-state index contributed by atoms with van der Waals surface area (Å²) in [5.74, 6) is -1.42. The number of hydrogen-bond acceptors (Lipinski definition) is 4. The highest BCUT2D eigenvalue weighted by atomic mass is 79.9. The zero-order valence-corrected chi connectivity index (χ0v) is 16.1. The maximum atomic E-state index is 12.3. The van der Waals surface area contributed by atoms with Crippen molar-refractivity contribution in [2.45, 2.75) is 31.3 Å². The summed E-state index contributed by atoms with van der Waals surface area (Å²) in [7, 11) is -3.72. The van der Waals surface area contributed by atoms with Crippen molar-refractivity contribution in [1.29, 1.82) is 0 Å². The van der Waals surface area contributed by atoms with E-state index in [2.05, 4.69) is 15.9 Å². The molecule has 0 radical (unpaired) electrons. The first kappa shape index (κ1) is 18.7. The first-order valence-electron chi connectivity index (χ1n) is 7.37. The van der Waals surface area contributed by atoms with Gasteiger partial charge in [-0.3, -0.25) is 4.79 Å². The maximum Gasteiger partial charge on any atom is 0.322 e. The van der Waals surface area contributed by atoms with Gasteiger partial charge in [-0.05, 0) is 56.2 Å². The van der Waals surface area contributed by atoms with Gasteiger partial charge < -0.3 is 4.74 Å². The van der Waals surface area contributed by atoms with Crippen LogP contribution in [0.1, 0.15) is 20.8 Å². The fraction of sp³-hybridized carbons (Fsp3) is 0.278. The molecule has 0 heterocycles. The summed E-state index contributed by atoms with van der Waals surface area (Å²) in [6, 6.07) is 14.2. The van der Waals surface area contributed by atoms with Gasteiger partial charge in [-0.1, -0.05) is 40.2 Å². The molecule has 24 heavy (non-hydrogen) atoms. The molecular weight excluding hydrogens is 392 g/mol. The molecule has 0 saturated heterocycles. The average molecular weight is 411 g/mol. The summed E-state index contributed by atoms with van der Waals surface area (Å²) >= 11 is 3.38.